The van der Waals surface area contributed by atoms with Gasteiger partial charge in [0.15, 0.2) is 0 Å². The van der Waals surface area contributed by atoms with Gasteiger partial charge in [0.05, 0.1) is 16.8 Å². The third kappa shape index (κ3) is 3.27. The number of pyridine rings is 2. The number of aromatic carboxylic acids is 1. The van der Waals surface area contributed by atoms with Crippen molar-refractivity contribution in [3.8, 4) is 11.3 Å². The number of nitrogens with one attached hydrogen (secondary N) is 1. The van der Waals surface area contributed by atoms with Crippen molar-refractivity contribution in [2.24, 2.45) is 0 Å². The first-order valence-corrected chi connectivity index (χ1v) is 7.16. The Morgan fingerprint density at radius 2 is 1.71 bits per heavy atom. The van der Waals surface area contributed by atoms with Crippen LogP contribution in [0.2, 0.25) is 0 Å². The van der Waals surface area contributed by atoms with E-state index in [1.54, 1.807) is 18.3 Å². The summed E-state index contributed by atoms with van der Waals surface area (Å²) in [4.78, 5) is 31.6. The molecule has 3 aromatic rings. The van der Waals surface area contributed by atoms with E-state index in [0.717, 1.165) is 5.56 Å². The highest BCUT2D eigenvalue weighted by atomic mass is 16.4. The molecule has 2 aromatic heterocycles. The third-order valence-electron chi connectivity index (χ3n) is 3.35. The average Bonchev–Trinajstić information content (AvgIpc) is 2.63. The molecule has 0 saturated heterocycles. The Balaban J connectivity index is 1.87. The van der Waals surface area contributed by atoms with Crippen molar-refractivity contribution in [2.45, 2.75) is 0 Å². The lowest BCUT2D eigenvalue weighted by atomic mass is 10.1. The van der Waals surface area contributed by atoms with Crippen LogP contribution in [0.4, 0.5) is 5.82 Å². The normalized spacial score (nSPS) is 10.2. The Morgan fingerprint density at radius 3 is 2.38 bits per heavy atom. The van der Waals surface area contributed by atoms with Crippen molar-refractivity contribution in [2.75, 3.05) is 5.32 Å². The minimum absolute atomic E-state index is 0.0550. The highest BCUT2D eigenvalue weighted by molar-refractivity contribution is 6.07. The Labute approximate surface area is 137 Å². The molecule has 6 heteroatoms. The number of nitrogens with zero attached hydrogens (tertiary/aromatic N) is 2. The summed E-state index contributed by atoms with van der Waals surface area (Å²) < 4.78 is 0. The zero-order valence-corrected chi connectivity index (χ0v) is 12.5. The van der Waals surface area contributed by atoms with E-state index >= 15 is 0 Å². The minimum Gasteiger partial charge on any atom is -0.478 e. The summed E-state index contributed by atoms with van der Waals surface area (Å²) in [6.07, 6.45) is 2.82. The van der Waals surface area contributed by atoms with Gasteiger partial charge in [-0.2, -0.15) is 0 Å². The molecule has 0 aliphatic heterocycles. The van der Waals surface area contributed by atoms with Gasteiger partial charge in [0, 0.05) is 18.0 Å². The van der Waals surface area contributed by atoms with E-state index in [9.17, 15) is 9.59 Å². The molecule has 0 unspecified atom stereocenters. The average molecular weight is 319 g/mol. The van der Waals surface area contributed by atoms with Gasteiger partial charge >= 0.3 is 5.97 Å². The van der Waals surface area contributed by atoms with Gasteiger partial charge in [-0.05, 0) is 24.3 Å². The first kappa shape index (κ1) is 15.4. The van der Waals surface area contributed by atoms with Crippen LogP contribution in [-0.2, 0) is 0 Å². The van der Waals surface area contributed by atoms with Gasteiger partial charge in [0.2, 0.25) is 0 Å². The molecule has 0 saturated carbocycles. The lowest BCUT2D eigenvalue weighted by Crippen LogP contribution is -2.15. The monoisotopic (exact) mass is 319 g/mol. The lowest BCUT2D eigenvalue weighted by Gasteiger charge is -2.09. The highest BCUT2D eigenvalue weighted by Gasteiger charge is 2.14. The number of carboxylic acid groups (broad SMARTS) is 1. The van der Waals surface area contributed by atoms with Crippen LogP contribution in [-0.4, -0.2) is 27.0 Å². The highest BCUT2D eigenvalue weighted by Crippen LogP contribution is 2.21. The number of hydrogen-bond acceptors (Lipinski definition) is 4. The predicted molar refractivity (Wildman–Crippen MR) is 88.8 cm³/mol. The Hall–Kier alpha value is -3.54. The van der Waals surface area contributed by atoms with Crippen LogP contribution in [0.5, 0.6) is 0 Å². The molecule has 0 aliphatic carbocycles. The van der Waals surface area contributed by atoms with Crippen LogP contribution in [0.1, 0.15) is 20.7 Å². The van der Waals surface area contributed by atoms with Crippen molar-refractivity contribution in [1.82, 2.24) is 9.97 Å². The fourth-order valence-corrected chi connectivity index (χ4v) is 2.19. The van der Waals surface area contributed by atoms with E-state index in [1.165, 1.54) is 18.3 Å². The van der Waals surface area contributed by atoms with Crippen LogP contribution in [0.15, 0.2) is 67.0 Å². The fourth-order valence-electron chi connectivity index (χ4n) is 2.19. The van der Waals surface area contributed by atoms with Crippen molar-refractivity contribution in [3.05, 3.63) is 78.1 Å². The molecule has 2 heterocycles. The molecule has 0 fully saturated rings. The van der Waals surface area contributed by atoms with Gasteiger partial charge < -0.3 is 10.4 Å². The summed E-state index contributed by atoms with van der Waals surface area (Å²) in [5.41, 5.74) is 1.86. The number of anilines is 1. The summed E-state index contributed by atoms with van der Waals surface area (Å²) in [5.74, 6) is -1.16. The van der Waals surface area contributed by atoms with Crippen molar-refractivity contribution in [3.63, 3.8) is 0 Å². The zero-order chi connectivity index (χ0) is 16.9. The second-order valence-corrected chi connectivity index (χ2v) is 4.96. The smallest absolute Gasteiger partial charge is 0.337 e. The Morgan fingerprint density at radius 1 is 0.917 bits per heavy atom. The van der Waals surface area contributed by atoms with E-state index in [4.69, 9.17) is 5.11 Å². The van der Waals surface area contributed by atoms with Gasteiger partial charge in [-0.15, -0.1) is 0 Å². The molecule has 118 valence electrons. The largest absolute Gasteiger partial charge is 0.478 e. The zero-order valence-electron chi connectivity index (χ0n) is 12.5. The molecule has 24 heavy (non-hydrogen) atoms. The summed E-state index contributed by atoms with van der Waals surface area (Å²) in [5, 5.41) is 11.5. The number of carbonyl (C=O) groups is 2. The molecule has 0 radical (unpaired) electrons. The number of carboxylic acids is 1. The molecule has 3 rings (SSSR count). The lowest BCUT2D eigenvalue weighted by molar-refractivity contribution is 0.0696. The van der Waals surface area contributed by atoms with E-state index in [-0.39, 0.29) is 17.3 Å². The van der Waals surface area contributed by atoms with Crippen LogP contribution in [0.25, 0.3) is 11.3 Å². The molecule has 6 nitrogen and oxygen atoms in total. The second kappa shape index (κ2) is 6.70. The maximum atomic E-state index is 12.5. The van der Waals surface area contributed by atoms with Crippen molar-refractivity contribution in [1.29, 1.82) is 0 Å². The molecular formula is C18H13N3O3. The Bertz CT molecular complexity index is 878. The molecule has 0 spiro atoms. The summed E-state index contributed by atoms with van der Waals surface area (Å²) in [6, 6.07) is 15.6. The standard InChI is InChI=1S/C18H13N3O3/c22-17(21-15-9-8-13(11-20-15)18(23)24)14-7-4-10-19-16(14)12-5-2-1-3-6-12/h1-11H,(H,23,24)(H,20,21,22). The van der Waals surface area contributed by atoms with E-state index < -0.39 is 5.97 Å². The van der Waals surface area contributed by atoms with E-state index in [1.807, 2.05) is 30.3 Å². The van der Waals surface area contributed by atoms with Crippen LogP contribution >= 0.6 is 0 Å². The van der Waals surface area contributed by atoms with Gasteiger partial charge in [0.25, 0.3) is 5.91 Å². The Kier molecular flexibility index (Phi) is 4.29. The fraction of sp³-hybridized carbons (Fsp3) is 0. The third-order valence-corrected chi connectivity index (χ3v) is 3.35. The topological polar surface area (TPSA) is 92.2 Å². The molecular weight excluding hydrogens is 306 g/mol. The quantitative estimate of drug-likeness (QED) is 0.771. The van der Waals surface area contributed by atoms with Crippen LogP contribution < -0.4 is 5.32 Å². The number of aromatic nitrogens is 2. The molecule has 0 bridgehead atoms. The van der Waals surface area contributed by atoms with Crippen LogP contribution in [0, 0.1) is 0 Å². The first-order valence-electron chi connectivity index (χ1n) is 7.16. The summed E-state index contributed by atoms with van der Waals surface area (Å²) in [6.45, 7) is 0. The van der Waals surface area contributed by atoms with Gasteiger partial charge in [-0.1, -0.05) is 30.3 Å². The number of benzene rings is 1. The van der Waals surface area contributed by atoms with E-state index in [2.05, 4.69) is 15.3 Å². The number of carbonyl (C=O) groups excluding carboxylic acids is 1. The summed E-state index contributed by atoms with van der Waals surface area (Å²) in [7, 11) is 0. The number of hydrogen-bond donors (Lipinski definition) is 2. The second-order valence-electron chi connectivity index (χ2n) is 4.96. The molecule has 0 atom stereocenters. The van der Waals surface area contributed by atoms with Crippen molar-refractivity contribution < 1.29 is 14.7 Å². The minimum atomic E-state index is -1.07. The van der Waals surface area contributed by atoms with E-state index in [0.29, 0.717) is 11.3 Å². The van der Waals surface area contributed by atoms with Crippen molar-refractivity contribution >= 4 is 17.7 Å². The number of amides is 1. The molecule has 1 amide bonds. The summed E-state index contributed by atoms with van der Waals surface area (Å²) >= 11 is 0. The van der Waals surface area contributed by atoms with Gasteiger partial charge in [-0.3, -0.25) is 9.78 Å². The maximum Gasteiger partial charge on any atom is 0.337 e. The van der Waals surface area contributed by atoms with Crippen LogP contribution in [0.3, 0.4) is 0 Å². The SMILES string of the molecule is O=C(O)c1ccc(NC(=O)c2cccnc2-c2ccccc2)nc1. The molecule has 2 N–H and O–H groups in total. The predicted octanol–water partition coefficient (Wildman–Crippen LogP) is 3.09. The number of rotatable bonds is 4. The molecule has 0 aliphatic rings. The van der Waals surface area contributed by atoms with Gasteiger partial charge in [-0.25, -0.2) is 9.78 Å². The maximum absolute atomic E-state index is 12.5. The van der Waals surface area contributed by atoms with Gasteiger partial charge in [0.1, 0.15) is 5.82 Å². The molecule has 1 aromatic carbocycles. The first-order chi connectivity index (χ1) is 11.6.